The number of aryl methyl sites for hydroxylation is 1. The van der Waals surface area contributed by atoms with Gasteiger partial charge in [-0.25, -0.2) is 14.2 Å². The quantitative estimate of drug-likeness (QED) is 0.799. The van der Waals surface area contributed by atoms with Gasteiger partial charge < -0.3 is 15.3 Å². The predicted molar refractivity (Wildman–Crippen MR) is 91.0 cm³/mol. The van der Waals surface area contributed by atoms with Crippen LogP contribution in [0.5, 0.6) is 0 Å². The van der Waals surface area contributed by atoms with Crippen LogP contribution in [0.2, 0.25) is 0 Å². The Morgan fingerprint density at radius 1 is 1.40 bits per heavy atom. The van der Waals surface area contributed by atoms with E-state index in [4.69, 9.17) is 0 Å². The van der Waals surface area contributed by atoms with Gasteiger partial charge in [-0.15, -0.1) is 0 Å². The van der Waals surface area contributed by atoms with Crippen molar-refractivity contribution < 1.29 is 14.3 Å². The molecular weight excluding hydrogens is 325 g/mol. The van der Waals surface area contributed by atoms with Gasteiger partial charge in [-0.3, -0.25) is 4.68 Å². The number of carbonyl (C=O) groups excluding carboxylic acids is 1. The summed E-state index contributed by atoms with van der Waals surface area (Å²) in [5.41, 5.74) is 0.394. The van der Waals surface area contributed by atoms with Crippen molar-refractivity contribution in [1.29, 1.82) is 0 Å². The van der Waals surface area contributed by atoms with Crippen LogP contribution >= 0.6 is 0 Å². The molecular formula is C17H24FN5O2. The summed E-state index contributed by atoms with van der Waals surface area (Å²) in [5, 5.41) is 16.2. The number of benzene rings is 1. The maximum absolute atomic E-state index is 13.9. The second-order valence-corrected chi connectivity index (χ2v) is 6.15. The van der Waals surface area contributed by atoms with E-state index < -0.39 is 0 Å². The first-order valence-electron chi connectivity index (χ1n) is 8.17. The number of aromatic nitrogens is 3. The van der Waals surface area contributed by atoms with Crippen LogP contribution in [0.25, 0.3) is 0 Å². The number of hydrogen-bond acceptors (Lipinski definition) is 4. The smallest absolute Gasteiger partial charge is 0.318 e. The summed E-state index contributed by atoms with van der Waals surface area (Å²) in [6.45, 7) is 3.89. The third-order valence-electron chi connectivity index (χ3n) is 3.95. The Balaban J connectivity index is 2.16. The summed E-state index contributed by atoms with van der Waals surface area (Å²) in [6.07, 6.45) is 1.43. The van der Waals surface area contributed by atoms with E-state index in [0.29, 0.717) is 11.4 Å². The molecule has 0 spiro atoms. The lowest BCUT2D eigenvalue weighted by molar-refractivity contribution is 0.166. The lowest BCUT2D eigenvalue weighted by Gasteiger charge is -2.27. The molecule has 2 rings (SSSR count). The van der Waals surface area contributed by atoms with Crippen LogP contribution in [0.3, 0.4) is 0 Å². The van der Waals surface area contributed by atoms with Crippen molar-refractivity contribution in [3.05, 3.63) is 47.8 Å². The zero-order valence-corrected chi connectivity index (χ0v) is 14.7. The molecule has 2 aromatic rings. The maximum atomic E-state index is 13.9. The first-order chi connectivity index (χ1) is 11.9. The zero-order chi connectivity index (χ0) is 18.4. The molecule has 7 nitrogen and oxygen atoms in total. The van der Waals surface area contributed by atoms with Crippen LogP contribution in [0, 0.1) is 11.7 Å². The van der Waals surface area contributed by atoms with Crippen LogP contribution in [0.1, 0.15) is 31.3 Å². The number of amides is 2. The standard InChI is InChI=1S/C17H24FN5O2/c1-12(2)15(16-19-11-20-22(16)3)21-17(25)23(8-9-24)10-13-6-4-5-7-14(13)18/h4-7,11-12,15,24H,8-10H2,1-3H3,(H,21,25)/t15-/m1/s1. The van der Waals surface area contributed by atoms with Gasteiger partial charge in [-0.2, -0.15) is 5.10 Å². The molecule has 0 saturated heterocycles. The molecule has 1 atom stereocenters. The number of nitrogens with zero attached hydrogens (tertiary/aromatic N) is 4. The molecule has 1 aromatic heterocycles. The van der Waals surface area contributed by atoms with Gasteiger partial charge in [0.15, 0.2) is 0 Å². The Morgan fingerprint density at radius 2 is 2.12 bits per heavy atom. The monoisotopic (exact) mass is 349 g/mol. The second kappa shape index (κ2) is 8.57. The highest BCUT2D eigenvalue weighted by molar-refractivity contribution is 5.74. The van der Waals surface area contributed by atoms with E-state index in [9.17, 15) is 14.3 Å². The van der Waals surface area contributed by atoms with E-state index in [1.165, 1.54) is 17.3 Å². The van der Waals surface area contributed by atoms with Gasteiger partial charge in [0.05, 0.1) is 19.2 Å². The molecule has 0 fully saturated rings. The van der Waals surface area contributed by atoms with E-state index in [2.05, 4.69) is 15.4 Å². The van der Waals surface area contributed by atoms with Crippen molar-refractivity contribution in [2.75, 3.05) is 13.2 Å². The second-order valence-electron chi connectivity index (χ2n) is 6.15. The van der Waals surface area contributed by atoms with E-state index in [1.807, 2.05) is 13.8 Å². The highest BCUT2D eigenvalue weighted by Gasteiger charge is 2.25. The number of carbonyl (C=O) groups is 1. The predicted octanol–water partition coefficient (Wildman–Crippen LogP) is 1.86. The summed E-state index contributed by atoms with van der Waals surface area (Å²) in [5.74, 6) is 0.335. The first kappa shape index (κ1) is 18.9. The minimum atomic E-state index is -0.390. The number of nitrogens with one attached hydrogen (secondary N) is 1. The van der Waals surface area contributed by atoms with Crippen LogP contribution < -0.4 is 5.32 Å². The van der Waals surface area contributed by atoms with Crippen molar-refractivity contribution in [1.82, 2.24) is 25.0 Å². The lowest BCUT2D eigenvalue weighted by Crippen LogP contribution is -2.44. The van der Waals surface area contributed by atoms with Crippen molar-refractivity contribution in [3.63, 3.8) is 0 Å². The fraction of sp³-hybridized carbons (Fsp3) is 0.471. The Bertz CT molecular complexity index is 704. The Kier molecular flexibility index (Phi) is 6.46. The molecule has 1 heterocycles. The normalized spacial score (nSPS) is 12.2. The number of aliphatic hydroxyl groups is 1. The van der Waals surface area contributed by atoms with Gasteiger partial charge in [0.25, 0.3) is 0 Å². The molecule has 0 saturated carbocycles. The Morgan fingerprint density at radius 3 is 2.68 bits per heavy atom. The van der Waals surface area contributed by atoms with Crippen LogP contribution in [-0.4, -0.2) is 44.0 Å². The van der Waals surface area contributed by atoms with E-state index in [1.54, 1.807) is 29.9 Å². The molecule has 25 heavy (non-hydrogen) atoms. The van der Waals surface area contributed by atoms with Gasteiger partial charge >= 0.3 is 6.03 Å². The third kappa shape index (κ3) is 4.76. The lowest BCUT2D eigenvalue weighted by atomic mass is 10.0. The Labute approximate surface area is 146 Å². The highest BCUT2D eigenvalue weighted by atomic mass is 19.1. The summed E-state index contributed by atoms with van der Waals surface area (Å²) in [4.78, 5) is 18.3. The molecule has 0 unspecified atom stereocenters. The van der Waals surface area contributed by atoms with Gasteiger partial charge in [-0.1, -0.05) is 32.0 Å². The summed E-state index contributed by atoms with van der Waals surface area (Å²) in [6, 6.07) is 5.54. The van der Waals surface area contributed by atoms with Gasteiger partial charge in [0, 0.05) is 19.2 Å². The molecule has 2 amide bonds. The van der Waals surface area contributed by atoms with Crippen molar-refractivity contribution >= 4 is 6.03 Å². The van der Waals surface area contributed by atoms with Crippen molar-refractivity contribution in [3.8, 4) is 0 Å². The zero-order valence-electron chi connectivity index (χ0n) is 14.7. The average Bonchev–Trinajstić information content (AvgIpc) is 2.99. The molecule has 1 aromatic carbocycles. The molecule has 8 heteroatoms. The third-order valence-corrected chi connectivity index (χ3v) is 3.95. The molecule has 0 aliphatic heterocycles. The fourth-order valence-electron chi connectivity index (χ4n) is 2.55. The van der Waals surface area contributed by atoms with Gasteiger partial charge in [-0.05, 0) is 12.0 Å². The van der Waals surface area contributed by atoms with Gasteiger partial charge in [0.2, 0.25) is 0 Å². The van der Waals surface area contributed by atoms with E-state index >= 15 is 0 Å². The van der Waals surface area contributed by atoms with Crippen LogP contribution in [0.4, 0.5) is 9.18 Å². The number of hydrogen-bond donors (Lipinski definition) is 2. The van der Waals surface area contributed by atoms with Crippen LogP contribution in [0.15, 0.2) is 30.6 Å². The van der Waals surface area contributed by atoms with Crippen LogP contribution in [-0.2, 0) is 13.6 Å². The molecule has 0 bridgehead atoms. The topological polar surface area (TPSA) is 83.3 Å². The highest BCUT2D eigenvalue weighted by Crippen LogP contribution is 2.20. The number of urea groups is 1. The van der Waals surface area contributed by atoms with Crippen molar-refractivity contribution in [2.24, 2.45) is 13.0 Å². The fourth-order valence-corrected chi connectivity index (χ4v) is 2.55. The molecule has 136 valence electrons. The average molecular weight is 349 g/mol. The summed E-state index contributed by atoms with van der Waals surface area (Å²) in [7, 11) is 1.76. The largest absolute Gasteiger partial charge is 0.395 e. The van der Waals surface area contributed by atoms with E-state index in [0.717, 1.165) is 0 Å². The summed E-state index contributed by atoms with van der Waals surface area (Å²) >= 11 is 0. The van der Waals surface area contributed by atoms with E-state index in [-0.39, 0.29) is 43.5 Å². The molecule has 0 radical (unpaired) electrons. The van der Waals surface area contributed by atoms with Crippen molar-refractivity contribution in [2.45, 2.75) is 26.4 Å². The first-order valence-corrected chi connectivity index (χ1v) is 8.17. The number of aliphatic hydroxyl groups excluding tert-OH is 1. The maximum Gasteiger partial charge on any atom is 0.318 e. The number of halogens is 1. The Hall–Kier alpha value is -2.48. The molecule has 0 aliphatic carbocycles. The molecule has 2 N–H and O–H groups in total. The van der Waals surface area contributed by atoms with Gasteiger partial charge in [0.1, 0.15) is 18.0 Å². The number of rotatable bonds is 7. The minimum Gasteiger partial charge on any atom is -0.395 e. The SMILES string of the molecule is CC(C)[C@@H](NC(=O)N(CCO)Cc1ccccc1F)c1ncnn1C. The minimum absolute atomic E-state index is 0.0721. The summed E-state index contributed by atoms with van der Waals surface area (Å²) < 4.78 is 15.5. The molecule has 0 aliphatic rings.